The van der Waals surface area contributed by atoms with Crippen molar-refractivity contribution in [2.24, 2.45) is 4.99 Å². The van der Waals surface area contributed by atoms with Gasteiger partial charge in [0, 0.05) is 0 Å². The lowest BCUT2D eigenvalue weighted by Gasteiger charge is -2.12. The normalized spacial score (nSPS) is 16.4. The third kappa shape index (κ3) is 3.57. The smallest absolute Gasteiger partial charge is 0.264 e. The summed E-state index contributed by atoms with van der Waals surface area (Å²) < 4.78 is 5.19. The maximum absolute atomic E-state index is 12.7. The Bertz CT molecular complexity index is 1330. The fraction of sp³-hybridized carbons (Fsp3) is 0.0769. The summed E-state index contributed by atoms with van der Waals surface area (Å²) in [6.07, 6.45) is 1.99. The SMILES string of the molecule is COc1ccc(N=C2NC(=O)/C(=C\c3c4ccccc4c(C)c4ccccc34)S2)cc1. The van der Waals surface area contributed by atoms with E-state index in [9.17, 15) is 4.79 Å². The van der Waals surface area contributed by atoms with Gasteiger partial charge < -0.3 is 10.1 Å². The molecule has 31 heavy (non-hydrogen) atoms. The first-order chi connectivity index (χ1) is 15.1. The van der Waals surface area contributed by atoms with E-state index < -0.39 is 0 Å². The van der Waals surface area contributed by atoms with E-state index >= 15 is 0 Å². The molecule has 1 heterocycles. The number of nitrogens with one attached hydrogen (secondary N) is 1. The highest BCUT2D eigenvalue weighted by molar-refractivity contribution is 8.18. The molecular weight excluding hydrogens is 404 g/mol. The molecule has 0 spiro atoms. The molecule has 4 aromatic carbocycles. The number of hydrogen-bond donors (Lipinski definition) is 1. The van der Waals surface area contributed by atoms with Crippen molar-refractivity contribution in [3.8, 4) is 5.75 Å². The van der Waals surface area contributed by atoms with Crippen LogP contribution in [0.4, 0.5) is 5.69 Å². The van der Waals surface area contributed by atoms with Gasteiger partial charge in [0.25, 0.3) is 5.91 Å². The number of carbonyl (C=O) groups is 1. The van der Waals surface area contributed by atoms with Crippen LogP contribution >= 0.6 is 11.8 Å². The first-order valence-electron chi connectivity index (χ1n) is 9.98. The van der Waals surface area contributed by atoms with Crippen LogP contribution in [0.15, 0.2) is 82.7 Å². The maximum Gasteiger partial charge on any atom is 0.264 e. The molecule has 1 N–H and O–H groups in total. The van der Waals surface area contributed by atoms with Crippen LogP contribution in [0.25, 0.3) is 27.6 Å². The predicted octanol–water partition coefficient (Wildman–Crippen LogP) is 6.20. The molecule has 1 aliphatic rings. The Hall–Kier alpha value is -3.57. The van der Waals surface area contributed by atoms with Crippen molar-refractivity contribution in [3.05, 3.63) is 88.8 Å². The Labute approximate surface area is 184 Å². The van der Waals surface area contributed by atoms with Crippen LogP contribution in [0.1, 0.15) is 11.1 Å². The number of methoxy groups -OCH3 is 1. The van der Waals surface area contributed by atoms with Crippen molar-refractivity contribution in [1.82, 2.24) is 5.32 Å². The highest BCUT2D eigenvalue weighted by Gasteiger charge is 2.24. The number of ether oxygens (including phenoxy) is 1. The van der Waals surface area contributed by atoms with Crippen LogP contribution in [0.2, 0.25) is 0 Å². The Morgan fingerprint density at radius 1 is 0.871 bits per heavy atom. The second-order valence-corrected chi connectivity index (χ2v) is 8.34. The fourth-order valence-electron chi connectivity index (χ4n) is 3.92. The van der Waals surface area contributed by atoms with Crippen molar-refractivity contribution >= 4 is 56.1 Å². The van der Waals surface area contributed by atoms with Gasteiger partial charge in [-0.2, -0.15) is 0 Å². The quantitative estimate of drug-likeness (QED) is 0.315. The number of nitrogens with zero attached hydrogens (tertiary/aromatic N) is 1. The highest BCUT2D eigenvalue weighted by Crippen LogP contribution is 2.36. The van der Waals surface area contributed by atoms with Crippen molar-refractivity contribution in [2.45, 2.75) is 6.92 Å². The number of rotatable bonds is 3. The molecule has 4 nitrogen and oxygen atoms in total. The average molecular weight is 425 g/mol. The van der Waals surface area contributed by atoms with Gasteiger partial charge in [0.05, 0.1) is 17.7 Å². The van der Waals surface area contributed by atoms with Gasteiger partial charge in [0.2, 0.25) is 0 Å². The number of amides is 1. The number of fused-ring (bicyclic) bond motifs is 2. The van der Waals surface area contributed by atoms with Crippen molar-refractivity contribution in [3.63, 3.8) is 0 Å². The molecule has 1 aliphatic heterocycles. The minimum Gasteiger partial charge on any atom is -0.497 e. The van der Waals surface area contributed by atoms with Crippen molar-refractivity contribution in [1.29, 1.82) is 0 Å². The Morgan fingerprint density at radius 2 is 1.45 bits per heavy atom. The van der Waals surface area contributed by atoms with Crippen LogP contribution in [-0.4, -0.2) is 18.2 Å². The first-order valence-corrected chi connectivity index (χ1v) is 10.8. The molecular formula is C26H20N2O2S. The van der Waals surface area contributed by atoms with E-state index in [1.54, 1.807) is 7.11 Å². The van der Waals surface area contributed by atoms with Crippen LogP contribution < -0.4 is 10.1 Å². The lowest BCUT2D eigenvalue weighted by atomic mass is 9.92. The van der Waals surface area contributed by atoms with Crippen LogP contribution in [0, 0.1) is 6.92 Å². The third-order valence-electron chi connectivity index (χ3n) is 5.47. The minimum absolute atomic E-state index is 0.133. The van der Waals surface area contributed by atoms with Crippen molar-refractivity contribution < 1.29 is 9.53 Å². The lowest BCUT2D eigenvalue weighted by molar-refractivity contribution is -0.115. The molecule has 0 saturated carbocycles. The Balaban J connectivity index is 1.59. The zero-order valence-corrected chi connectivity index (χ0v) is 18.0. The van der Waals surface area contributed by atoms with Gasteiger partial charge >= 0.3 is 0 Å². The van der Waals surface area contributed by atoms with E-state index in [1.807, 2.05) is 42.5 Å². The van der Waals surface area contributed by atoms with Gasteiger partial charge in [-0.3, -0.25) is 4.79 Å². The van der Waals surface area contributed by atoms with Crippen LogP contribution in [0.5, 0.6) is 5.75 Å². The van der Waals surface area contributed by atoms with Gasteiger partial charge in [-0.05, 0) is 81.7 Å². The number of benzene rings is 4. The van der Waals surface area contributed by atoms with E-state index in [2.05, 4.69) is 53.6 Å². The topological polar surface area (TPSA) is 50.7 Å². The number of carbonyl (C=O) groups excluding carboxylic acids is 1. The molecule has 1 fully saturated rings. The summed E-state index contributed by atoms with van der Waals surface area (Å²) >= 11 is 1.36. The highest BCUT2D eigenvalue weighted by atomic mass is 32.2. The number of amidine groups is 1. The molecule has 1 saturated heterocycles. The molecule has 0 atom stereocenters. The van der Waals surface area contributed by atoms with E-state index in [-0.39, 0.29) is 5.91 Å². The van der Waals surface area contributed by atoms with E-state index in [4.69, 9.17) is 4.74 Å². The summed E-state index contributed by atoms with van der Waals surface area (Å²) in [4.78, 5) is 17.9. The maximum atomic E-state index is 12.7. The van der Waals surface area contributed by atoms with Gasteiger partial charge in [-0.15, -0.1) is 0 Å². The summed E-state index contributed by atoms with van der Waals surface area (Å²) in [6, 6.07) is 24.1. The number of aliphatic imine (C=N–C) groups is 1. The Kier molecular flexibility index (Phi) is 4.96. The molecule has 0 unspecified atom stereocenters. The largest absolute Gasteiger partial charge is 0.497 e. The molecule has 1 amide bonds. The molecule has 5 rings (SSSR count). The standard InChI is InChI=1S/C26H20N2O2S/c1-16-19-7-3-5-9-21(19)23(22-10-6-4-8-20(16)22)15-24-25(29)28-26(31-24)27-17-11-13-18(30-2)14-12-17/h3-15H,1-2H3,(H,27,28,29)/b24-15+. The molecule has 0 bridgehead atoms. The number of aryl methyl sites for hydroxylation is 1. The molecule has 0 aromatic heterocycles. The van der Waals surface area contributed by atoms with Gasteiger partial charge in [-0.25, -0.2) is 4.99 Å². The third-order valence-corrected chi connectivity index (χ3v) is 6.38. The van der Waals surface area contributed by atoms with Crippen LogP contribution in [-0.2, 0) is 4.79 Å². The summed E-state index contributed by atoms with van der Waals surface area (Å²) in [7, 11) is 1.63. The average Bonchev–Trinajstić information content (AvgIpc) is 3.15. The Morgan fingerprint density at radius 3 is 2.03 bits per heavy atom. The van der Waals surface area contributed by atoms with Crippen molar-refractivity contribution in [2.75, 3.05) is 7.11 Å². The van der Waals surface area contributed by atoms with Gasteiger partial charge in [-0.1, -0.05) is 48.5 Å². The summed E-state index contributed by atoms with van der Waals surface area (Å²) in [5.41, 5.74) is 3.06. The lowest BCUT2D eigenvalue weighted by Crippen LogP contribution is -2.19. The van der Waals surface area contributed by atoms with E-state index in [1.165, 1.54) is 28.1 Å². The monoisotopic (exact) mass is 424 g/mol. The predicted molar refractivity (Wildman–Crippen MR) is 130 cm³/mol. The molecule has 152 valence electrons. The number of thioether (sulfide) groups is 1. The second kappa shape index (κ2) is 7.93. The first kappa shape index (κ1) is 19.4. The molecule has 0 aliphatic carbocycles. The van der Waals surface area contributed by atoms with E-state index in [0.717, 1.165) is 27.8 Å². The number of hydrogen-bond acceptors (Lipinski definition) is 4. The van der Waals surface area contributed by atoms with E-state index in [0.29, 0.717) is 10.1 Å². The van der Waals surface area contributed by atoms with Gasteiger partial charge in [0.15, 0.2) is 5.17 Å². The molecule has 5 heteroatoms. The molecule has 0 radical (unpaired) electrons. The van der Waals surface area contributed by atoms with Crippen LogP contribution in [0.3, 0.4) is 0 Å². The minimum atomic E-state index is -0.133. The zero-order chi connectivity index (χ0) is 21.4. The van der Waals surface area contributed by atoms with Gasteiger partial charge in [0.1, 0.15) is 5.75 Å². The zero-order valence-electron chi connectivity index (χ0n) is 17.2. The summed E-state index contributed by atoms with van der Waals surface area (Å²) in [5, 5.41) is 8.13. The second-order valence-electron chi connectivity index (χ2n) is 7.31. The summed E-state index contributed by atoms with van der Waals surface area (Å²) in [5.74, 6) is 0.636. The molecule has 4 aromatic rings. The fourth-order valence-corrected chi connectivity index (χ4v) is 4.74. The summed E-state index contributed by atoms with van der Waals surface area (Å²) in [6.45, 7) is 2.15.